The second-order valence-electron chi connectivity index (χ2n) is 8.56. The Bertz CT molecular complexity index is 1110. The molecule has 2 saturated heterocycles. The van der Waals surface area contributed by atoms with E-state index >= 15 is 0 Å². The van der Waals surface area contributed by atoms with Crippen molar-refractivity contribution in [2.75, 3.05) is 26.7 Å². The molecule has 5 rings (SSSR count). The number of likely N-dealkylation sites (tertiary alicyclic amines) is 2. The summed E-state index contributed by atoms with van der Waals surface area (Å²) in [5, 5.41) is 0. The highest BCUT2D eigenvalue weighted by molar-refractivity contribution is 5.93. The van der Waals surface area contributed by atoms with Gasteiger partial charge in [-0.2, -0.15) is 4.39 Å². The van der Waals surface area contributed by atoms with Gasteiger partial charge in [-0.3, -0.25) is 14.1 Å². The van der Waals surface area contributed by atoms with Gasteiger partial charge in [0, 0.05) is 37.8 Å². The van der Waals surface area contributed by atoms with Crippen molar-refractivity contribution in [2.24, 2.45) is 11.8 Å². The lowest BCUT2D eigenvalue weighted by molar-refractivity contribution is 0.0757. The Morgan fingerprint density at radius 2 is 1.90 bits per heavy atom. The van der Waals surface area contributed by atoms with Crippen LogP contribution in [0, 0.1) is 31.6 Å². The Balaban J connectivity index is 1.43. The summed E-state index contributed by atoms with van der Waals surface area (Å²) in [7, 11) is 2.16. The summed E-state index contributed by atoms with van der Waals surface area (Å²) in [6.07, 6.45) is 1.68. The molecule has 3 atom stereocenters. The number of imidazole rings is 1. The number of fused-ring (bicyclic) bond motifs is 2. The predicted molar refractivity (Wildman–Crippen MR) is 109 cm³/mol. The number of benzene rings is 1. The number of carbonyl (C=O) groups excluding carboxylic acids is 1. The fraction of sp³-hybridized carbons (Fsp3) is 0.391. The highest BCUT2D eigenvalue weighted by Crippen LogP contribution is 2.45. The zero-order valence-electron chi connectivity index (χ0n) is 17.0. The van der Waals surface area contributed by atoms with Gasteiger partial charge in [0.25, 0.3) is 5.91 Å². The number of carbonyl (C=O) groups is 1. The fourth-order valence-corrected chi connectivity index (χ4v) is 5.22. The van der Waals surface area contributed by atoms with Gasteiger partial charge in [-0.1, -0.05) is 30.3 Å². The summed E-state index contributed by atoms with van der Waals surface area (Å²) in [4.78, 5) is 21.6. The molecule has 6 heteroatoms. The molecule has 0 N–H and O–H groups in total. The lowest BCUT2D eigenvalue weighted by Crippen LogP contribution is -2.34. The van der Waals surface area contributed by atoms with Crippen molar-refractivity contribution in [3.05, 3.63) is 70.9 Å². The number of aromatic nitrogens is 2. The van der Waals surface area contributed by atoms with E-state index in [2.05, 4.69) is 48.1 Å². The van der Waals surface area contributed by atoms with E-state index in [-0.39, 0.29) is 17.6 Å². The molecule has 3 aromatic rings. The highest BCUT2D eigenvalue weighted by Gasteiger charge is 2.48. The van der Waals surface area contributed by atoms with E-state index in [1.165, 1.54) is 15.5 Å². The van der Waals surface area contributed by atoms with Crippen LogP contribution in [0.4, 0.5) is 4.39 Å². The van der Waals surface area contributed by atoms with Crippen molar-refractivity contribution in [2.45, 2.75) is 19.9 Å². The fourth-order valence-electron chi connectivity index (χ4n) is 5.22. The molecule has 0 aliphatic carbocycles. The average Bonchev–Trinajstić information content (AvgIpc) is 3.33. The molecule has 0 bridgehead atoms. The second kappa shape index (κ2) is 6.66. The third-order valence-electron chi connectivity index (χ3n) is 6.60. The van der Waals surface area contributed by atoms with E-state index < -0.39 is 5.95 Å². The Kier molecular flexibility index (Phi) is 4.21. The Morgan fingerprint density at radius 3 is 2.69 bits per heavy atom. The summed E-state index contributed by atoms with van der Waals surface area (Å²) in [6, 6.07) is 12.4. The number of hydrogen-bond acceptors (Lipinski definition) is 3. The standard InChI is InChI=1S/C23H25FN4O/c1-14-8-9-19-25-20(22(24)28(19)10-14)23(29)27-12-16-11-26(3)21(18(16)13-27)17-7-5-4-6-15(17)2/h4-10,16,18,21H,11-13H2,1-3H3/t16-,18+,21+/m0/s1. The number of nitrogens with zero attached hydrogens (tertiary/aromatic N) is 4. The van der Waals surface area contributed by atoms with E-state index in [0.29, 0.717) is 30.6 Å². The van der Waals surface area contributed by atoms with E-state index in [1.807, 2.05) is 13.0 Å². The maximum atomic E-state index is 14.9. The van der Waals surface area contributed by atoms with Crippen molar-refractivity contribution in [1.82, 2.24) is 19.2 Å². The third kappa shape index (κ3) is 2.85. The lowest BCUT2D eigenvalue weighted by Gasteiger charge is -2.27. The smallest absolute Gasteiger partial charge is 0.277 e. The number of rotatable bonds is 2. The quantitative estimate of drug-likeness (QED) is 0.671. The first-order valence-electron chi connectivity index (χ1n) is 10.1. The summed E-state index contributed by atoms with van der Waals surface area (Å²) in [6.45, 7) is 6.27. The average molecular weight is 392 g/mol. The molecule has 0 radical (unpaired) electrons. The predicted octanol–water partition coefficient (Wildman–Crippen LogP) is 3.47. The maximum Gasteiger partial charge on any atom is 0.277 e. The molecule has 1 amide bonds. The number of aryl methyl sites for hydroxylation is 2. The van der Waals surface area contributed by atoms with Gasteiger partial charge in [0.05, 0.1) is 0 Å². The molecule has 29 heavy (non-hydrogen) atoms. The Morgan fingerprint density at radius 1 is 1.10 bits per heavy atom. The van der Waals surface area contributed by atoms with Crippen molar-refractivity contribution in [3.8, 4) is 0 Å². The van der Waals surface area contributed by atoms with Gasteiger partial charge in [0.1, 0.15) is 5.65 Å². The SMILES string of the molecule is Cc1ccc2nc(C(=O)N3C[C@@H]4CN(C)[C@H](c5ccccc5C)[C@@H]4C3)c(F)n2c1. The van der Waals surface area contributed by atoms with Gasteiger partial charge in [-0.25, -0.2) is 4.98 Å². The lowest BCUT2D eigenvalue weighted by atomic mass is 9.88. The second-order valence-corrected chi connectivity index (χ2v) is 8.56. The third-order valence-corrected chi connectivity index (χ3v) is 6.60. The number of amides is 1. The van der Waals surface area contributed by atoms with Crippen LogP contribution in [0.15, 0.2) is 42.6 Å². The molecule has 0 spiro atoms. The monoisotopic (exact) mass is 392 g/mol. The van der Waals surface area contributed by atoms with Crippen LogP contribution in [0.5, 0.6) is 0 Å². The molecule has 150 valence electrons. The first kappa shape index (κ1) is 18.3. The number of pyridine rings is 1. The van der Waals surface area contributed by atoms with Gasteiger partial charge >= 0.3 is 0 Å². The van der Waals surface area contributed by atoms with Crippen LogP contribution in [0.1, 0.15) is 33.2 Å². The van der Waals surface area contributed by atoms with Crippen LogP contribution in [-0.4, -0.2) is 51.8 Å². The van der Waals surface area contributed by atoms with Gasteiger partial charge in [-0.15, -0.1) is 0 Å². The van der Waals surface area contributed by atoms with Crippen LogP contribution in [-0.2, 0) is 0 Å². The molecule has 1 aromatic carbocycles. The zero-order valence-corrected chi connectivity index (χ0v) is 17.0. The van der Waals surface area contributed by atoms with Gasteiger partial charge in [0.2, 0.25) is 5.95 Å². The molecule has 4 heterocycles. The number of halogens is 1. The van der Waals surface area contributed by atoms with Crippen LogP contribution < -0.4 is 0 Å². The Labute approximate surface area is 169 Å². The van der Waals surface area contributed by atoms with Crippen molar-refractivity contribution < 1.29 is 9.18 Å². The van der Waals surface area contributed by atoms with E-state index in [0.717, 1.165) is 12.1 Å². The maximum absolute atomic E-state index is 14.9. The zero-order chi connectivity index (χ0) is 20.3. The first-order chi connectivity index (χ1) is 13.9. The van der Waals surface area contributed by atoms with Crippen LogP contribution >= 0.6 is 0 Å². The molecule has 2 aromatic heterocycles. The topological polar surface area (TPSA) is 40.9 Å². The van der Waals surface area contributed by atoms with Crippen molar-refractivity contribution in [3.63, 3.8) is 0 Å². The summed E-state index contributed by atoms with van der Waals surface area (Å²) >= 11 is 0. The molecule has 2 fully saturated rings. The molecule has 2 aliphatic heterocycles. The molecule has 2 aliphatic rings. The summed E-state index contributed by atoms with van der Waals surface area (Å²) < 4.78 is 16.3. The minimum absolute atomic E-state index is 0.0728. The van der Waals surface area contributed by atoms with Gasteiger partial charge < -0.3 is 4.90 Å². The molecule has 5 nitrogen and oxygen atoms in total. The van der Waals surface area contributed by atoms with Crippen LogP contribution in [0.3, 0.4) is 0 Å². The van der Waals surface area contributed by atoms with Crippen LogP contribution in [0.2, 0.25) is 0 Å². The van der Waals surface area contributed by atoms with Gasteiger partial charge in [-0.05, 0) is 49.6 Å². The van der Waals surface area contributed by atoms with Gasteiger partial charge in [0.15, 0.2) is 5.69 Å². The Hall–Kier alpha value is -2.73. The largest absolute Gasteiger partial charge is 0.336 e. The minimum atomic E-state index is -0.571. The molecular weight excluding hydrogens is 367 g/mol. The number of hydrogen-bond donors (Lipinski definition) is 0. The first-order valence-corrected chi connectivity index (χ1v) is 10.1. The van der Waals surface area contributed by atoms with E-state index in [1.54, 1.807) is 17.2 Å². The minimum Gasteiger partial charge on any atom is -0.336 e. The van der Waals surface area contributed by atoms with Crippen LogP contribution in [0.25, 0.3) is 5.65 Å². The summed E-state index contributed by atoms with van der Waals surface area (Å²) in [5.74, 6) is -0.119. The molecule has 0 unspecified atom stereocenters. The van der Waals surface area contributed by atoms with E-state index in [4.69, 9.17) is 0 Å². The van der Waals surface area contributed by atoms with E-state index in [9.17, 15) is 9.18 Å². The highest BCUT2D eigenvalue weighted by atomic mass is 19.1. The van der Waals surface area contributed by atoms with Crippen molar-refractivity contribution in [1.29, 1.82) is 0 Å². The van der Waals surface area contributed by atoms with Crippen molar-refractivity contribution >= 4 is 11.6 Å². The normalized spacial score (nSPS) is 24.4. The molecular formula is C23H25FN4O. The summed E-state index contributed by atoms with van der Waals surface area (Å²) in [5.41, 5.74) is 3.92. The molecule has 0 saturated carbocycles.